The Labute approximate surface area is 144 Å². The maximum absolute atomic E-state index is 12.7. The minimum Gasteiger partial charge on any atom is -0.354 e. The van der Waals surface area contributed by atoms with Crippen molar-refractivity contribution >= 4 is 11.8 Å². The average molecular weight is 338 g/mol. The van der Waals surface area contributed by atoms with Crippen LogP contribution < -0.4 is 5.32 Å². The van der Waals surface area contributed by atoms with E-state index in [-0.39, 0.29) is 12.1 Å². The minimum atomic E-state index is -0.210. The van der Waals surface area contributed by atoms with Gasteiger partial charge in [-0.25, -0.2) is 4.79 Å². The van der Waals surface area contributed by atoms with Crippen molar-refractivity contribution in [1.29, 1.82) is 0 Å². The molecule has 1 unspecified atom stereocenters. The molecule has 2 amide bonds. The van der Waals surface area contributed by atoms with Crippen LogP contribution in [0.4, 0.5) is 10.6 Å². The maximum atomic E-state index is 12.7. The molecule has 1 fully saturated rings. The lowest BCUT2D eigenvalue weighted by Crippen LogP contribution is -2.35. The number of anilines is 1. The number of aromatic nitrogens is 4. The Bertz CT molecular complexity index is 872. The largest absolute Gasteiger partial charge is 0.354 e. The molecule has 1 saturated heterocycles. The highest BCUT2D eigenvalue weighted by molar-refractivity contribution is 5.89. The molecule has 1 aliphatic rings. The zero-order valence-electron chi connectivity index (χ0n) is 13.8. The number of nitrogens with zero attached hydrogens (tertiary/aromatic N) is 5. The van der Waals surface area contributed by atoms with Gasteiger partial charge in [-0.1, -0.05) is 35.5 Å². The van der Waals surface area contributed by atoms with Crippen molar-refractivity contribution in [2.45, 2.75) is 18.9 Å². The van der Waals surface area contributed by atoms with Crippen LogP contribution in [0, 0.1) is 0 Å². The Hall–Kier alpha value is -3.16. The molecule has 8 heteroatoms. The van der Waals surface area contributed by atoms with Gasteiger partial charge in [0.05, 0.1) is 6.04 Å². The summed E-state index contributed by atoms with van der Waals surface area (Å²) < 4.78 is 7.17. The Morgan fingerprint density at radius 1 is 1.32 bits per heavy atom. The topological polar surface area (TPSA) is 89.1 Å². The third kappa shape index (κ3) is 2.98. The van der Waals surface area contributed by atoms with Crippen LogP contribution >= 0.6 is 0 Å². The van der Waals surface area contributed by atoms with Crippen LogP contribution in [0.3, 0.4) is 0 Å². The summed E-state index contributed by atoms with van der Waals surface area (Å²) in [4.78, 5) is 14.4. The van der Waals surface area contributed by atoms with Crippen LogP contribution in [0.25, 0.3) is 11.3 Å². The lowest BCUT2D eigenvalue weighted by molar-refractivity contribution is 0.204. The van der Waals surface area contributed by atoms with Gasteiger partial charge < -0.3 is 14.0 Å². The molecule has 3 aromatic rings. The number of carbonyl (C=O) groups is 1. The van der Waals surface area contributed by atoms with Gasteiger partial charge in [0.1, 0.15) is 6.33 Å². The second-order valence-corrected chi connectivity index (χ2v) is 6.02. The summed E-state index contributed by atoms with van der Waals surface area (Å²) in [6, 6.07) is 11.1. The van der Waals surface area contributed by atoms with Gasteiger partial charge in [-0.3, -0.25) is 5.32 Å². The molecule has 2 aromatic heterocycles. The molecule has 25 heavy (non-hydrogen) atoms. The van der Waals surface area contributed by atoms with E-state index >= 15 is 0 Å². The van der Waals surface area contributed by atoms with Crippen LogP contribution in [-0.4, -0.2) is 37.4 Å². The SMILES string of the molecule is Cn1cnnc1C1CCCN1C(=O)Nc1cc(-c2ccccc2)on1. The van der Waals surface area contributed by atoms with Gasteiger partial charge in [0.25, 0.3) is 0 Å². The Morgan fingerprint density at radius 2 is 2.16 bits per heavy atom. The van der Waals surface area contributed by atoms with Gasteiger partial charge >= 0.3 is 6.03 Å². The second-order valence-electron chi connectivity index (χ2n) is 6.02. The summed E-state index contributed by atoms with van der Waals surface area (Å²) in [7, 11) is 1.88. The number of hydrogen-bond acceptors (Lipinski definition) is 5. The van der Waals surface area contributed by atoms with Crippen molar-refractivity contribution in [2.24, 2.45) is 7.05 Å². The summed E-state index contributed by atoms with van der Waals surface area (Å²) >= 11 is 0. The molecule has 1 aliphatic heterocycles. The summed E-state index contributed by atoms with van der Waals surface area (Å²) in [6.45, 7) is 0.673. The molecule has 3 heterocycles. The quantitative estimate of drug-likeness (QED) is 0.793. The van der Waals surface area contributed by atoms with E-state index in [2.05, 4.69) is 20.7 Å². The maximum Gasteiger partial charge on any atom is 0.323 e. The number of hydrogen-bond donors (Lipinski definition) is 1. The number of aryl methyl sites for hydroxylation is 1. The fraction of sp³-hybridized carbons (Fsp3) is 0.294. The van der Waals surface area contributed by atoms with E-state index in [0.717, 1.165) is 24.2 Å². The first-order valence-electron chi connectivity index (χ1n) is 8.16. The molecule has 1 N–H and O–H groups in total. The zero-order valence-corrected chi connectivity index (χ0v) is 13.8. The van der Waals surface area contributed by atoms with E-state index in [1.165, 1.54) is 0 Å². The summed E-state index contributed by atoms with van der Waals surface area (Å²) in [5.74, 6) is 1.80. The van der Waals surface area contributed by atoms with Crippen LogP contribution in [0.1, 0.15) is 24.7 Å². The predicted octanol–water partition coefficient (Wildman–Crippen LogP) is 2.84. The first-order chi connectivity index (χ1) is 12.2. The predicted molar refractivity (Wildman–Crippen MR) is 90.6 cm³/mol. The van der Waals surface area contributed by atoms with E-state index in [9.17, 15) is 4.79 Å². The zero-order chi connectivity index (χ0) is 17.2. The lowest BCUT2D eigenvalue weighted by atomic mass is 10.2. The number of likely N-dealkylation sites (tertiary alicyclic amines) is 1. The van der Waals surface area contributed by atoms with Crippen molar-refractivity contribution < 1.29 is 9.32 Å². The van der Waals surface area contributed by atoms with Crippen LogP contribution in [-0.2, 0) is 7.05 Å². The Kier molecular flexibility index (Phi) is 3.93. The van der Waals surface area contributed by atoms with E-state index in [1.807, 2.05) is 41.9 Å². The fourth-order valence-electron chi connectivity index (χ4n) is 3.13. The molecule has 0 radical (unpaired) electrons. The standard InChI is InChI=1S/C17H18N6O2/c1-22-11-18-20-16(22)13-8-5-9-23(13)17(24)19-15-10-14(25-21-15)12-6-3-2-4-7-12/h2-4,6-7,10-11,13H,5,8-9H2,1H3,(H,19,21,24). The summed E-state index contributed by atoms with van der Waals surface area (Å²) in [5, 5.41) is 14.8. The van der Waals surface area contributed by atoms with Gasteiger partial charge in [-0.15, -0.1) is 10.2 Å². The number of urea groups is 1. The summed E-state index contributed by atoms with van der Waals surface area (Å²) in [6.07, 6.45) is 3.45. The Balaban J connectivity index is 1.49. The molecular weight excluding hydrogens is 320 g/mol. The average Bonchev–Trinajstić information content (AvgIpc) is 3.35. The highest BCUT2D eigenvalue weighted by atomic mass is 16.5. The minimum absolute atomic E-state index is 0.0759. The number of carbonyl (C=O) groups excluding carboxylic acids is 1. The molecule has 0 spiro atoms. The van der Waals surface area contributed by atoms with Gasteiger partial charge in [0.2, 0.25) is 0 Å². The number of amides is 2. The van der Waals surface area contributed by atoms with E-state index < -0.39 is 0 Å². The third-order valence-electron chi connectivity index (χ3n) is 4.36. The first kappa shape index (κ1) is 15.4. The highest BCUT2D eigenvalue weighted by Gasteiger charge is 2.33. The number of benzene rings is 1. The van der Waals surface area contributed by atoms with Gasteiger partial charge in [-0.05, 0) is 12.8 Å². The highest BCUT2D eigenvalue weighted by Crippen LogP contribution is 2.31. The normalized spacial score (nSPS) is 17.0. The van der Waals surface area contributed by atoms with Gasteiger partial charge in [-0.2, -0.15) is 0 Å². The van der Waals surface area contributed by atoms with E-state index in [1.54, 1.807) is 17.3 Å². The lowest BCUT2D eigenvalue weighted by Gasteiger charge is -2.23. The second kappa shape index (κ2) is 6.39. The number of nitrogens with one attached hydrogen (secondary N) is 1. The van der Waals surface area contributed by atoms with Crippen molar-refractivity contribution in [3.8, 4) is 11.3 Å². The molecular formula is C17H18N6O2. The van der Waals surface area contributed by atoms with Crippen LogP contribution in [0.15, 0.2) is 47.2 Å². The van der Waals surface area contributed by atoms with Crippen molar-refractivity contribution in [2.75, 3.05) is 11.9 Å². The molecule has 0 aliphatic carbocycles. The van der Waals surface area contributed by atoms with E-state index in [0.29, 0.717) is 18.1 Å². The van der Waals surface area contributed by atoms with Gasteiger partial charge in [0, 0.05) is 25.2 Å². The summed E-state index contributed by atoms with van der Waals surface area (Å²) in [5.41, 5.74) is 0.911. The van der Waals surface area contributed by atoms with Crippen molar-refractivity contribution in [3.05, 3.63) is 48.5 Å². The molecule has 1 atom stereocenters. The smallest absolute Gasteiger partial charge is 0.323 e. The van der Waals surface area contributed by atoms with Crippen molar-refractivity contribution in [1.82, 2.24) is 24.8 Å². The molecule has 4 rings (SSSR count). The van der Waals surface area contributed by atoms with Crippen LogP contribution in [0.2, 0.25) is 0 Å². The monoisotopic (exact) mass is 338 g/mol. The van der Waals surface area contributed by atoms with E-state index in [4.69, 9.17) is 4.52 Å². The molecule has 1 aromatic carbocycles. The third-order valence-corrected chi connectivity index (χ3v) is 4.36. The molecule has 8 nitrogen and oxygen atoms in total. The molecule has 128 valence electrons. The van der Waals surface area contributed by atoms with Crippen LogP contribution in [0.5, 0.6) is 0 Å². The first-order valence-corrected chi connectivity index (χ1v) is 8.16. The molecule has 0 saturated carbocycles. The number of rotatable bonds is 3. The fourth-order valence-corrected chi connectivity index (χ4v) is 3.13. The molecule has 0 bridgehead atoms. The van der Waals surface area contributed by atoms with Crippen molar-refractivity contribution in [3.63, 3.8) is 0 Å². The Morgan fingerprint density at radius 3 is 2.92 bits per heavy atom. The van der Waals surface area contributed by atoms with Gasteiger partial charge in [0.15, 0.2) is 17.4 Å².